The van der Waals surface area contributed by atoms with Crippen LogP contribution in [0.5, 0.6) is 0 Å². The second kappa shape index (κ2) is 8.23. The summed E-state index contributed by atoms with van der Waals surface area (Å²) in [4.78, 5) is 36.6. The van der Waals surface area contributed by atoms with Crippen LogP contribution in [0, 0.1) is 13.8 Å². The molecule has 0 spiro atoms. The van der Waals surface area contributed by atoms with Crippen molar-refractivity contribution in [1.82, 2.24) is 0 Å². The van der Waals surface area contributed by atoms with E-state index >= 15 is 0 Å². The highest BCUT2D eigenvalue weighted by Gasteiger charge is 2.28. The summed E-state index contributed by atoms with van der Waals surface area (Å²) in [6.07, 6.45) is 0. The van der Waals surface area contributed by atoms with E-state index in [1.165, 1.54) is 5.56 Å². The molecule has 6 rings (SSSR count). The minimum absolute atomic E-state index is 0.0641. The van der Waals surface area contributed by atoms with Gasteiger partial charge in [0.2, 0.25) is 0 Å². The van der Waals surface area contributed by atoms with Gasteiger partial charge in [-0.25, -0.2) is 0 Å². The first kappa shape index (κ1) is 21.0. The van der Waals surface area contributed by atoms with Crippen LogP contribution < -0.4 is 5.43 Å². The van der Waals surface area contributed by atoms with Gasteiger partial charge in [-0.15, -0.1) is 11.3 Å². The van der Waals surface area contributed by atoms with E-state index in [0.717, 1.165) is 25.7 Å². The van der Waals surface area contributed by atoms with E-state index in [1.54, 1.807) is 59.9 Å². The Morgan fingerprint density at radius 1 is 0.576 bits per heavy atom. The minimum atomic E-state index is -0.0641. The summed E-state index contributed by atoms with van der Waals surface area (Å²) in [7, 11) is 0. The quantitative estimate of drug-likeness (QED) is 0.250. The van der Waals surface area contributed by atoms with E-state index in [1.807, 2.05) is 37.3 Å². The number of benzene rings is 4. The van der Waals surface area contributed by atoms with Crippen LogP contribution in [0.1, 0.15) is 43.0 Å². The molecule has 0 amide bonds. The van der Waals surface area contributed by atoms with Gasteiger partial charge >= 0.3 is 0 Å². The molecule has 3 nitrogen and oxygen atoms in total. The van der Waals surface area contributed by atoms with Crippen molar-refractivity contribution in [2.45, 2.75) is 13.8 Å². The average molecular weight is 449 g/mol. The molecule has 1 aliphatic carbocycles. The smallest absolute Gasteiger partial charge is 0.195 e. The Labute approximate surface area is 195 Å². The van der Waals surface area contributed by atoms with Crippen LogP contribution >= 0.6 is 11.3 Å². The van der Waals surface area contributed by atoms with Crippen molar-refractivity contribution in [2.75, 3.05) is 0 Å². The van der Waals surface area contributed by atoms with Gasteiger partial charge in [-0.3, -0.25) is 14.4 Å². The summed E-state index contributed by atoms with van der Waals surface area (Å²) >= 11 is 1.70. The van der Waals surface area contributed by atoms with Crippen LogP contribution in [0.2, 0.25) is 0 Å². The lowest BCUT2D eigenvalue weighted by Crippen LogP contribution is -2.20. The van der Waals surface area contributed by atoms with Gasteiger partial charge in [0.1, 0.15) is 0 Å². The molecule has 4 heteroatoms. The van der Waals surface area contributed by atoms with Gasteiger partial charge in [0.15, 0.2) is 17.0 Å². The van der Waals surface area contributed by atoms with E-state index in [9.17, 15) is 14.4 Å². The first-order valence-corrected chi connectivity index (χ1v) is 11.5. The lowest BCUT2D eigenvalue weighted by atomic mass is 9.84. The first-order chi connectivity index (χ1) is 16.0. The highest BCUT2D eigenvalue weighted by Crippen LogP contribution is 2.28. The highest BCUT2D eigenvalue weighted by atomic mass is 32.1. The van der Waals surface area contributed by atoms with E-state index in [4.69, 9.17) is 0 Å². The second-order valence-electron chi connectivity index (χ2n) is 8.14. The molecule has 0 aliphatic heterocycles. The van der Waals surface area contributed by atoms with Crippen LogP contribution in [0.25, 0.3) is 20.2 Å². The fraction of sp³-hybridized carbons (Fsp3) is 0.0690. The van der Waals surface area contributed by atoms with Gasteiger partial charge in [0.05, 0.1) is 0 Å². The van der Waals surface area contributed by atoms with Crippen molar-refractivity contribution in [3.63, 3.8) is 0 Å². The topological polar surface area (TPSA) is 51.2 Å². The molecule has 0 radical (unpaired) electrons. The monoisotopic (exact) mass is 448 g/mol. The van der Waals surface area contributed by atoms with Crippen LogP contribution in [-0.4, -0.2) is 11.6 Å². The zero-order valence-corrected chi connectivity index (χ0v) is 19.0. The SMILES string of the molecule is Cc1cc(C)c2sc3ccccc3c(=O)c2c1.O=C1c2ccccc2C(=O)c2ccccc21. The number of carbonyl (C=O) groups excluding carboxylic acids is 2. The zero-order chi connectivity index (χ0) is 23.1. The van der Waals surface area contributed by atoms with E-state index in [-0.39, 0.29) is 17.0 Å². The van der Waals surface area contributed by atoms with Gasteiger partial charge in [0.25, 0.3) is 0 Å². The third-order valence-corrected chi connectivity index (χ3v) is 7.16. The predicted molar refractivity (Wildman–Crippen MR) is 135 cm³/mol. The normalized spacial score (nSPS) is 12.2. The molecule has 0 N–H and O–H groups in total. The number of ketones is 2. The van der Waals surface area contributed by atoms with Gasteiger partial charge in [-0.05, 0) is 37.6 Å². The van der Waals surface area contributed by atoms with Gasteiger partial charge < -0.3 is 0 Å². The van der Waals surface area contributed by atoms with Crippen LogP contribution in [-0.2, 0) is 0 Å². The molecule has 0 atom stereocenters. The Morgan fingerprint density at radius 2 is 1.06 bits per heavy atom. The van der Waals surface area contributed by atoms with Gasteiger partial charge in [-0.1, -0.05) is 72.3 Å². The number of aryl methyl sites for hydroxylation is 2. The van der Waals surface area contributed by atoms with Crippen LogP contribution in [0.3, 0.4) is 0 Å². The summed E-state index contributed by atoms with van der Waals surface area (Å²) in [5.41, 5.74) is 4.51. The molecule has 160 valence electrons. The van der Waals surface area contributed by atoms with Crippen molar-refractivity contribution < 1.29 is 9.59 Å². The summed E-state index contributed by atoms with van der Waals surface area (Å²) in [5.74, 6) is -0.128. The molecular weight excluding hydrogens is 428 g/mol. The maximum Gasteiger partial charge on any atom is 0.195 e. The molecule has 4 aromatic carbocycles. The van der Waals surface area contributed by atoms with Crippen molar-refractivity contribution in [1.29, 1.82) is 0 Å². The molecule has 0 unspecified atom stereocenters. The molecule has 1 heterocycles. The van der Waals surface area contributed by atoms with Crippen molar-refractivity contribution in [3.8, 4) is 0 Å². The summed E-state index contributed by atoms with van der Waals surface area (Å²) in [5, 5.41) is 1.68. The lowest BCUT2D eigenvalue weighted by molar-refractivity contribution is 0.0979. The molecular formula is C29H20O3S. The van der Waals surface area contributed by atoms with Crippen LogP contribution in [0.4, 0.5) is 0 Å². The van der Waals surface area contributed by atoms with E-state index in [0.29, 0.717) is 22.3 Å². The molecule has 1 aromatic heterocycles. The third-order valence-electron chi connectivity index (χ3n) is 5.84. The summed E-state index contributed by atoms with van der Waals surface area (Å²) in [6.45, 7) is 4.10. The Kier molecular flexibility index (Phi) is 5.23. The molecule has 1 aliphatic rings. The molecule has 0 saturated carbocycles. The number of rotatable bonds is 0. The van der Waals surface area contributed by atoms with Crippen molar-refractivity contribution in [2.24, 2.45) is 0 Å². The van der Waals surface area contributed by atoms with E-state index in [2.05, 4.69) is 13.0 Å². The highest BCUT2D eigenvalue weighted by molar-refractivity contribution is 7.24. The predicted octanol–water partition coefficient (Wildman–Crippen LogP) is 6.49. The second-order valence-corrected chi connectivity index (χ2v) is 9.19. The summed E-state index contributed by atoms with van der Waals surface area (Å²) in [6, 6.07) is 25.9. The lowest BCUT2D eigenvalue weighted by Gasteiger charge is -2.16. The van der Waals surface area contributed by atoms with Gasteiger partial charge in [0, 0.05) is 42.4 Å². The standard InChI is InChI=1S/C15H12OS.C14H8O2/c1-9-7-10(2)15-12(8-9)14(16)11-5-3-4-6-13(11)17-15;15-13-9-5-1-2-6-10(9)14(16)12-8-4-3-7-11(12)13/h3-8H,1-2H3;1-8H. The molecule has 0 saturated heterocycles. The first-order valence-electron chi connectivity index (χ1n) is 10.7. The fourth-order valence-corrected chi connectivity index (χ4v) is 5.42. The Bertz CT molecular complexity index is 1540. The Balaban J connectivity index is 0.000000139. The molecule has 5 aromatic rings. The molecule has 0 fully saturated rings. The Morgan fingerprint density at radius 3 is 1.61 bits per heavy atom. The number of carbonyl (C=O) groups is 2. The van der Waals surface area contributed by atoms with Crippen molar-refractivity contribution >= 4 is 43.1 Å². The zero-order valence-electron chi connectivity index (χ0n) is 18.2. The fourth-order valence-electron chi connectivity index (χ4n) is 4.31. The maximum absolute atomic E-state index is 12.4. The molecule has 33 heavy (non-hydrogen) atoms. The van der Waals surface area contributed by atoms with Crippen LogP contribution in [0.15, 0.2) is 89.7 Å². The third kappa shape index (κ3) is 3.59. The minimum Gasteiger partial charge on any atom is -0.289 e. The number of hydrogen-bond donors (Lipinski definition) is 0. The average Bonchev–Trinajstić information content (AvgIpc) is 2.84. The maximum atomic E-state index is 12.4. The summed E-state index contributed by atoms with van der Waals surface area (Å²) < 4.78 is 2.18. The number of hydrogen-bond acceptors (Lipinski definition) is 4. The Hall–Kier alpha value is -3.89. The number of fused-ring (bicyclic) bond motifs is 4. The van der Waals surface area contributed by atoms with Gasteiger partial charge in [-0.2, -0.15) is 0 Å². The van der Waals surface area contributed by atoms with Crippen molar-refractivity contribution in [3.05, 3.63) is 129 Å². The largest absolute Gasteiger partial charge is 0.289 e. The molecule has 0 bridgehead atoms. The van der Waals surface area contributed by atoms with E-state index < -0.39 is 0 Å².